The number of nitrogens with two attached hydrogens (primary N) is 1. The molecule has 0 radical (unpaired) electrons. The van der Waals surface area contributed by atoms with Gasteiger partial charge in [0.2, 0.25) is 0 Å². The maximum Gasteiger partial charge on any atom is 0.109 e. The molecule has 3 N–H and O–H groups in total. The summed E-state index contributed by atoms with van der Waals surface area (Å²) in [5, 5.41) is 0. The first-order valence-electron chi connectivity index (χ1n) is 4.42. The molecule has 0 unspecified atom stereocenters. The molecule has 0 saturated heterocycles. The minimum Gasteiger partial charge on any atom is -1.00 e. The molecule has 5 heteroatoms. The molecule has 1 aromatic carbocycles. The van der Waals surface area contributed by atoms with Crippen LogP contribution in [0, 0.1) is 0 Å². The van der Waals surface area contributed by atoms with Crippen molar-refractivity contribution in [2.45, 2.75) is 19.8 Å². The zero-order valence-electron chi connectivity index (χ0n) is 8.59. The summed E-state index contributed by atoms with van der Waals surface area (Å²) in [6, 6.07) is 5.72. The quantitative estimate of drug-likeness (QED) is 0.508. The third kappa shape index (κ3) is 2.76. The molecule has 84 valence electrons. The first-order chi connectivity index (χ1) is 6.16. The molecule has 0 spiro atoms. The van der Waals surface area contributed by atoms with Gasteiger partial charge in [-0.05, 0) is 18.2 Å². The molecule has 0 aliphatic carbocycles. The van der Waals surface area contributed by atoms with Gasteiger partial charge in [0.15, 0.2) is 0 Å². The monoisotopic (exact) mass is 245 g/mol. The van der Waals surface area contributed by atoms with E-state index < -0.39 is 0 Å². The van der Waals surface area contributed by atoms with Gasteiger partial charge in [0.1, 0.15) is 5.82 Å². The van der Waals surface area contributed by atoms with Crippen LogP contribution in [0.15, 0.2) is 18.2 Å². The number of H-pyrrole nitrogens is 1. The Labute approximate surface area is 101 Å². The first-order valence-corrected chi connectivity index (χ1v) is 4.42. The van der Waals surface area contributed by atoms with Crippen molar-refractivity contribution in [1.82, 2.24) is 9.97 Å². The third-order valence-corrected chi connectivity index (χ3v) is 2.07. The van der Waals surface area contributed by atoms with Crippen LogP contribution in [-0.4, -0.2) is 9.97 Å². The number of benzene rings is 1. The van der Waals surface area contributed by atoms with E-state index in [1.54, 1.807) is 0 Å². The highest BCUT2D eigenvalue weighted by molar-refractivity contribution is 5.78. The molecule has 2 aromatic rings. The maximum absolute atomic E-state index is 5.66. The Hall–Kier alpha value is -0.930. The van der Waals surface area contributed by atoms with Crippen molar-refractivity contribution in [2.24, 2.45) is 0 Å². The number of aromatic amines is 1. The molecule has 0 bridgehead atoms. The summed E-state index contributed by atoms with van der Waals surface area (Å²) in [5.74, 6) is 1.44. The molecule has 0 aliphatic heterocycles. The Balaban J connectivity index is 0.000000980. The highest BCUT2D eigenvalue weighted by Gasteiger charge is 2.05. The molecule has 0 amide bonds. The molecule has 0 fully saturated rings. The van der Waals surface area contributed by atoms with Crippen molar-refractivity contribution >= 4 is 16.7 Å². The lowest BCUT2D eigenvalue weighted by Crippen LogP contribution is -3.00. The van der Waals surface area contributed by atoms with Gasteiger partial charge in [-0.25, -0.2) is 4.98 Å². The molecule has 1 aromatic heterocycles. The van der Waals surface area contributed by atoms with Gasteiger partial charge in [0.25, 0.3) is 0 Å². The number of nitrogens with one attached hydrogen (secondary N) is 1. The summed E-state index contributed by atoms with van der Waals surface area (Å²) >= 11 is 0. The van der Waals surface area contributed by atoms with E-state index in [1.165, 1.54) is 0 Å². The zero-order valence-corrected chi connectivity index (χ0v) is 10.1. The van der Waals surface area contributed by atoms with Gasteiger partial charge in [-0.3, -0.25) is 0 Å². The van der Waals surface area contributed by atoms with Crippen molar-refractivity contribution in [3.05, 3.63) is 24.0 Å². The maximum atomic E-state index is 5.66. The number of imidazole rings is 1. The summed E-state index contributed by atoms with van der Waals surface area (Å²) in [4.78, 5) is 7.69. The third-order valence-electron chi connectivity index (χ3n) is 2.07. The lowest BCUT2D eigenvalue weighted by molar-refractivity contribution is -0.001000. The largest absolute Gasteiger partial charge is 1.00 e. The summed E-state index contributed by atoms with van der Waals surface area (Å²) in [6.07, 6.45) is 0. The molecule has 15 heavy (non-hydrogen) atoms. The minimum absolute atomic E-state index is 0. The van der Waals surface area contributed by atoms with Crippen LogP contribution in [0.5, 0.6) is 0 Å². The zero-order chi connectivity index (χ0) is 9.42. The Morgan fingerprint density at radius 1 is 1.27 bits per heavy atom. The second-order valence-electron chi connectivity index (χ2n) is 3.55. The number of nitrogen functional groups attached to an aromatic ring is 1. The number of fused-ring (bicyclic) bond motifs is 1. The second kappa shape index (κ2) is 5.24. The molecule has 2 rings (SSSR count). The molecule has 0 saturated carbocycles. The van der Waals surface area contributed by atoms with Crippen LogP contribution in [0.2, 0.25) is 0 Å². The van der Waals surface area contributed by atoms with Gasteiger partial charge < -0.3 is 35.5 Å². The van der Waals surface area contributed by atoms with Crippen molar-refractivity contribution in [3.63, 3.8) is 0 Å². The van der Waals surface area contributed by atoms with Crippen LogP contribution in [0.3, 0.4) is 0 Å². The van der Waals surface area contributed by atoms with Gasteiger partial charge >= 0.3 is 0 Å². The SMILES string of the molecule is CC(C)c1nc2ccc(N)cc2[nH]1.[Cl-].[Cl-]. The summed E-state index contributed by atoms with van der Waals surface area (Å²) in [5.41, 5.74) is 8.43. The van der Waals surface area contributed by atoms with Gasteiger partial charge in [0, 0.05) is 11.6 Å². The molecule has 0 aliphatic rings. The van der Waals surface area contributed by atoms with E-state index in [2.05, 4.69) is 23.8 Å². The topological polar surface area (TPSA) is 54.7 Å². The van der Waals surface area contributed by atoms with Gasteiger partial charge in [-0.15, -0.1) is 0 Å². The molecule has 3 nitrogen and oxygen atoms in total. The van der Waals surface area contributed by atoms with E-state index in [9.17, 15) is 0 Å². The Bertz CT molecular complexity index is 437. The van der Waals surface area contributed by atoms with E-state index >= 15 is 0 Å². The van der Waals surface area contributed by atoms with E-state index in [-0.39, 0.29) is 24.8 Å². The van der Waals surface area contributed by atoms with Crippen LogP contribution < -0.4 is 30.5 Å². The molecular formula is C10H13Cl2N3-2. The minimum atomic E-state index is 0. The normalized spacial score (nSPS) is 9.80. The first kappa shape index (κ1) is 14.1. The number of anilines is 1. The van der Waals surface area contributed by atoms with Crippen molar-refractivity contribution in [3.8, 4) is 0 Å². The number of halogens is 2. The smallest absolute Gasteiger partial charge is 0.109 e. The van der Waals surface area contributed by atoms with E-state index in [1.807, 2.05) is 18.2 Å². The van der Waals surface area contributed by atoms with Crippen molar-refractivity contribution < 1.29 is 24.8 Å². The Kier molecular flexibility index (Phi) is 4.91. The number of rotatable bonds is 1. The van der Waals surface area contributed by atoms with Gasteiger partial charge in [-0.1, -0.05) is 13.8 Å². The lowest BCUT2D eigenvalue weighted by Gasteiger charge is -1.95. The molecule has 0 atom stereocenters. The van der Waals surface area contributed by atoms with Crippen LogP contribution in [0.25, 0.3) is 11.0 Å². The Morgan fingerprint density at radius 3 is 2.53 bits per heavy atom. The Morgan fingerprint density at radius 2 is 1.93 bits per heavy atom. The van der Waals surface area contributed by atoms with Crippen molar-refractivity contribution in [1.29, 1.82) is 0 Å². The lowest BCUT2D eigenvalue weighted by atomic mass is 10.2. The summed E-state index contributed by atoms with van der Waals surface area (Å²) in [6.45, 7) is 4.22. The van der Waals surface area contributed by atoms with Crippen LogP contribution in [0.1, 0.15) is 25.6 Å². The summed E-state index contributed by atoms with van der Waals surface area (Å²) in [7, 11) is 0. The highest BCUT2D eigenvalue weighted by atomic mass is 35.5. The standard InChI is InChI=1S/C10H13N3.2ClH/c1-6(2)10-12-8-4-3-7(11)5-9(8)13-10;;/h3-6H,11H2,1-2H3,(H,12,13);2*1H/p-2. The van der Waals surface area contributed by atoms with E-state index in [4.69, 9.17) is 5.73 Å². The van der Waals surface area contributed by atoms with Gasteiger partial charge in [0.05, 0.1) is 11.0 Å². The van der Waals surface area contributed by atoms with Crippen LogP contribution in [0.4, 0.5) is 5.69 Å². The predicted molar refractivity (Wildman–Crippen MR) is 54.6 cm³/mol. The van der Waals surface area contributed by atoms with E-state index in [0.717, 1.165) is 22.5 Å². The van der Waals surface area contributed by atoms with E-state index in [0.29, 0.717) is 5.92 Å². The predicted octanol–water partition coefficient (Wildman–Crippen LogP) is -3.72. The fraction of sp³-hybridized carbons (Fsp3) is 0.300. The average Bonchev–Trinajstić information content (AvgIpc) is 2.46. The fourth-order valence-corrected chi connectivity index (χ4v) is 1.32. The molecule has 1 heterocycles. The molecular weight excluding hydrogens is 233 g/mol. The number of hydrogen-bond donors (Lipinski definition) is 2. The van der Waals surface area contributed by atoms with Crippen molar-refractivity contribution in [2.75, 3.05) is 5.73 Å². The summed E-state index contributed by atoms with van der Waals surface area (Å²) < 4.78 is 0. The number of aromatic nitrogens is 2. The second-order valence-corrected chi connectivity index (χ2v) is 3.55. The number of hydrogen-bond acceptors (Lipinski definition) is 2. The average molecular weight is 246 g/mol. The van der Waals surface area contributed by atoms with Crippen LogP contribution in [-0.2, 0) is 0 Å². The highest BCUT2D eigenvalue weighted by Crippen LogP contribution is 2.18. The van der Waals surface area contributed by atoms with Crippen LogP contribution >= 0.6 is 0 Å². The fourth-order valence-electron chi connectivity index (χ4n) is 1.32. The van der Waals surface area contributed by atoms with Gasteiger partial charge in [-0.2, -0.15) is 0 Å². The number of nitrogens with zero attached hydrogens (tertiary/aromatic N) is 1.